The average Bonchev–Trinajstić information content (AvgIpc) is 2.43. The molecule has 4 nitrogen and oxygen atoms in total. The van der Waals surface area contributed by atoms with Gasteiger partial charge in [0.1, 0.15) is 5.69 Å². The molecule has 1 aromatic rings. The number of amides is 1. The molecule has 19 heavy (non-hydrogen) atoms. The van der Waals surface area contributed by atoms with E-state index in [-0.39, 0.29) is 11.9 Å². The number of carbonyl (C=O) groups excluding carboxylic acids is 1. The molecule has 0 saturated carbocycles. The van der Waals surface area contributed by atoms with Gasteiger partial charge in [0.05, 0.1) is 6.54 Å². The van der Waals surface area contributed by atoms with Crippen LogP contribution in [0.3, 0.4) is 0 Å². The zero-order valence-electron chi connectivity index (χ0n) is 11.6. The summed E-state index contributed by atoms with van der Waals surface area (Å²) in [5.74, 6) is 5.48. The van der Waals surface area contributed by atoms with E-state index in [1.807, 2.05) is 6.92 Å². The highest BCUT2D eigenvalue weighted by molar-refractivity contribution is 5.92. The van der Waals surface area contributed by atoms with E-state index in [1.165, 1.54) is 0 Å². The lowest BCUT2D eigenvalue weighted by molar-refractivity contribution is 0.0933. The largest absolute Gasteiger partial charge is 0.348 e. The minimum Gasteiger partial charge on any atom is -0.348 e. The predicted octanol–water partition coefficient (Wildman–Crippen LogP) is 1.70. The summed E-state index contributed by atoms with van der Waals surface area (Å²) in [7, 11) is 0. The number of nitrogens with zero attached hydrogens (tertiary/aromatic N) is 1. The van der Waals surface area contributed by atoms with E-state index in [0.717, 1.165) is 24.8 Å². The topological polar surface area (TPSA) is 68.0 Å². The number of hydrogen-bond donors (Lipinski definition) is 2. The SMILES string of the molecule is CCCCC(C)NC(=O)c1ccc(C#CCN)cn1. The van der Waals surface area contributed by atoms with Crippen LogP contribution >= 0.6 is 0 Å². The van der Waals surface area contributed by atoms with Crippen molar-refractivity contribution in [2.24, 2.45) is 5.73 Å². The van der Waals surface area contributed by atoms with Gasteiger partial charge in [0.25, 0.3) is 5.91 Å². The third kappa shape index (κ3) is 5.54. The summed E-state index contributed by atoms with van der Waals surface area (Å²) in [5.41, 5.74) is 6.47. The van der Waals surface area contributed by atoms with Crippen LogP contribution in [0, 0.1) is 11.8 Å². The molecule has 1 unspecified atom stereocenters. The lowest BCUT2D eigenvalue weighted by atomic mass is 10.1. The first kappa shape index (κ1) is 15.2. The van der Waals surface area contributed by atoms with Crippen LogP contribution in [0.1, 0.15) is 49.2 Å². The second-order valence-electron chi connectivity index (χ2n) is 4.45. The Morgan fingerprint density at radius 2 is 2.32 bits per heavy atom. The number of hydrogen-bond acceptors (Lipinski definition) is 3. The van der Waals surface area contributed by atoms with Crippen LogP contribution in [0.2, 0.25) is 0 Å². The van der Waals surface area contributed by atoms with E-state index in [1.54, 1.807) is 18.3 Å². The zero-order valence-corrected chi connectivity index (χ0v) is 11.6. The number of aromatic nitrogens is 1. The lowest BCUT2D eigenvalue weighted by Gasteiger charge is -2.12. The molecular formula is C15H21N3O. The molecule has 1 heterocycles. The van der Waals surface area contributed by atoms with Crippen molar-refractivity contribution in [3.05, 3.63) is 29.6 Å². The quantitative estimate of drug-likeness (QED) is 0.791. The first-order valence-corrected chi connectivity index (χ1v) is 6.63. The van der Waals surface area contributed by atoms with Crippen LogP contribution < -0.4 is 11.1 Å². The van der Waals surface area contributed by atoms with Crippen LogP contribution in [-0.4, -0.2) is 23.5 Å². The molecule has 0 saturated heterocycles. The maximum Gasteiger partial charge on any atom is 0.270 e. The molecule has 1 aromatic heterocycles. The van der Waals surface area contributed by atoms with Gasteiger partial charge in [-0.05, 0) is 25.5 Å². The van der Waals surface area contributed by atoms with Crippen molar-refractivity contribution in [1.29, 1.82) is 0 Å². The average molecular weight is 259 g/mol. The number of unbranched alkanes of at least 4 members (excludes halogenated alkanes) is 1. The van der Waals surface area contributed by atoms with Crippen LogP contribution in [0.25, 0.3) is 0 Å². The van der Waals surface area contributed by atoms with Gasteiger partial charge >= 0.3 is 0 Å². The van der Waals surface area contributed by atoms with E-state index in [0.29, 0.717) is 12.2 Å². The van der Waals surface area contributed by atoms with E-state index in [9.17, 15) is 4.79 Å². The highest BCUT2D eigenvalue weighted by Crippen LogP contribution is 2.03. The monoisotopic (exact) mass is 259 g/mol. The molecule has 0 spiro atoms. The van der Waals surface area contributed by atoms with Gasteiger partial charge in [-0.15, -0.1) is 0 Å². The number of carbonyl (C=O) groups is 1. The Morgan fingerprint density at radius 3 is 2.89 bits per heavy atom. The Balaban J connectivity index is 2.57. The number of nitrogens with one attached hydrogen (secondary N) is 1. The van der Waals surface area contributed by atoms with Crippen molar-refractivity contribution in [1.82, 2.24) is 10.3 Å². The molecular weight excluding hydrogens is 238 g/mol. The summed E-state index contributed by atoms with van der Waals surface area (Å²) in [4.78, 5) is 16.0. The van der Waals surface area contributed by atoms with Gasteiger partial charge in [-0.1, -0.05) is 31.6 Å². The smallest absolute Gasteiger partial charge is 0.270 e. The molecule has 1 atom stereocenters. The van der Waals surface area contributed by atoms with Crippen LogP contribution in [-0.2, 0) is 0 Å². The molecule has 3 N–H and O–H groups in total. The summed E-state index contributed by atoms with van der Waals surface area (Å²) in [6.45, 7) is 4.46. The molecule has 0 aliphatic heterocycles. The van der Waals surface area contributed by atoms with Crippen LogP contribution in [0.5, 0.6) is 0 Å². The highest BCUT2D eigenvalue weighted by Gasteiger charge is 2.10. The van der Waals surface area contributed by atoms with Gasteiger partial charge in [0.2, 0.25) is 0 Å². The van der Waals surface area contributed by atoms with Crippen LogP contribution in [0.4, 0.5) is 0 Å². The number of pyridine rings is 1. The fourth-order valence-electron chi connectivity index (χ4n) is 1.64. The summed E-state index contributed by atoms with van der Waals surface area (Å²) in [6, 6.07) is 3.63. The predicted molar refractivity (Wildman–Crippen MR) is 76.6 cm³/mol. The Hall–Kier alpha value is -1.86. The van der Waals surface area contributed by atoms with Gasteiger partial charge in [-0.25, -0.2) is 4.98 Å². The maximum atomic E-state index is 11.9. The molecule has 0 radical (unpaired) electrons. The maximum absolute atomic E-state index is 11.9. The summed E-state index contributed by atoms with van der Waals surface area (Å²) >= 11 is 0. The van der Waals surface area contributed by atoms with Gasteiger partial charge in [-0.2, -0.15) is 0 Å². The normalized spacial score (nSPS) is 11.3. The lowest BCUT2D eigenvalue weighted by Crippen LogP contribution is -2.33. The van der Waals surface area contributed by atoms with Gasteiger partial charge in [-0.3, -0.25) is 4.79 Å². The molecule has 4 heteroatoms. The van der Waals surface area contributed by atoms with Gasteiger partial charge < -0.3 is 11.1 Å². The van der Waals surface area contributed by atoms with E-state index in [2.05, 4.69) is 29.1 Å². The fraction of sp³-hybridized carbons (Fsp3) is 0.467. The molecule has 1 rings (SSSR count). The molecule has 0 aliphatic rings. The van der Waals surface area contributed by atoms with Gasteiger partial charge in [0.15, 0.2) is 0 Å². The third-order valence-corrected chi connectivity index (χ3v) is 2.70. The highest BCUT2D eigenvalue weighted by atomic mass is 16.1. The zero-order chi connectivity index (χ0) is 14.1. The molecule has 102 valence electrons. The number of nitrogens with two attached hydrogens (primary N) is 1. The second-order valence-corrected chi connectivity index (χ2v) is 4.45. The standard InChI is InChI=1S/C15H21N3O/c1-3-4-6-12(2)18-15(19)14-9-8-13(11-17-14)7-5-10-16/h8-9,11-12H,3-4,6,10,16H2,1-2H3,(H,18,19). The second kappa shape index (κ2) is 8.28. The van der Waals surface area contributed by atoms with Crippen molar-refractivity contribution in [2.45, 2.75) is 39.2 Å². The molecule has 0 aromatic carbocycles. The van der Waals surface area contributed by atoms with Crippen molar-refractivity contribution in [3.63, 3.8) is 0 Å². The van der Waals surface area contributed by atoms with E-state index < -0.39 is 0 Å². The minimum atomic E-state index is -0.137. The summed E-state index contributed by atoms with van der Waals surface area (Å²) in [5, 5.41) is 2.94. The Kier molecular flexibility index (Phi) is 6.62. The van der Waals surface area contributed by atoms with E-state index in [4.69, 9.17) is 5.73 Å². The Bertz CT molecular complexity index is 457. The Labute approximate surface area is 114 Å². The summed E-state index contributed by atoms with van der Waals surface area (Å²) < 4.78 is 0. The number of rotatable bonds is 5. The van der Waals surface area contributed by atoms with Crippen molar-refractivity contribution >= 4 is 5.91 Å². The third-order valence-electron chi connectivity index (χ3n) is 2.70. The molecule has 0 aliphatic carbocycles. The van der Waals surface area contributed by atoms with Crippen molar-refractivity contribution < 1.29 is 4.79 Å². The Morgan fingerprint density at radius 1 is 1.53 bits per heavy atom. The van der Waals surface area contributed by atoms with Gasteiger partial charge in [0, 0.05) is 17.8 Å². The van der Waals surface area contributed by atoms with E-state index >= 15 is 0 Å². The first-order valence-electron chi connectivity index (χ1n) is 6.63. The van der Waals surface area contributed by atoms with Crippen molar-refractivity contribution in [2.75, 3.05) is 6.54 Å². The summed E-state index contributed by atoms with van der Waals surface area (Å²) in [6.07, 6.45) is 4.83. The van der Waals surface area contributed by atoms with Crippen LogP contribution in [0.15, 0.2) is 18.3 Å². The first-order chi connectivity index (χ1) is 9.17. The van der Waals surface area contributed by atoms with Crippen molar-refractivity contribution in [3.8, 4) is 11.8 Å². The fourth-order valence-corrected chi connectivity index (χ4v) is 1.64. The molecule has 0 fully saturated rings. The molecule has 1 amide bonds. The molecule has 0 bridgehead atoms. The minimum absolute atomic E-state index is 0.137.